The van der Waals surface area contributed by atoms with Crippen molar-refractivity contribution in [2.24, 2.45) is 15.9 Å². The summed E-state index contributed by atoms with van der Waals surface area (Å²) in [6.45, 7) is 1.71. The van der Waals surface area contributed by atoms with Gasteiger partial charge in [0.2, 0.25) is 5.91 Å². The maximum absolute atomic E-state index is 13.4. The molecule has 2 aliphatic rings. The summed E-state index contributed by atoms with van der Waals surface area (Å²) in [7, 11) is 2.89. The molecule has 0 N–H and O–H groups in total. The maximum atomic E-state index is 13.4. The van der Waals surface area contributed by atoms with E-state index in [0.717, 1.165) is 17.0 Å². The zero-order chi connectivity index (χ0) is 17.6. The van der Waals surface area contributed by atoms with E-state index < -0.39 is 29.5 Å². The molecule has 1 aromatic rings. The molecule has 8 heteroatoms. The lowest BCUT2D eigenvalue weighted by Crippen LogP contribution is -2.59. The number of hydrogen-bond acceptors (Lipinski definition) is 4. The molecule has 1 unspecified atom stereocenters. The van der Waals surface area contributed by atoms with Crippen molar-refractivity contribution in [3.8, 4) is 0 Å². The van der Waals surface area contributed by atoms with Crippen LogP contribution < -0.4 is 0 Å². The minimum Gasteiger partial charge on any atom is -0.284 e. The Morgan fingerprint density at radius 3 is 2.50 bits per heavy atom. The number of allylic oxidation sites excluding steroid dienone is 1. The van der Waals surface area contributed by atoms with E-state index in [9.17, 15) is 18.4 Å². The van der Waals surface area contributed by atoms with Crippen LogP contribution in [0.1, 0.15) is 6.92 Å². The van der Waals surface area contributed by atoms with Crippen LogP contribution in [-0.4, -0.2) is 47.4 Å². The monoisotopic (exact) mass is 332 g/mol. The van der Waals surface area contributed by atoms with E-state index in [1.807, 2.05) is 0 Å². The summed E-state index contributed by atoms with van der Waals surface area (Å²) in [4.78, 5) is 35.3. The Labute approximate surface area is 136 Å². The summed E-state index contributed by atoms with van der Waals surface area (Å²) in [5.41, 5.74) is 1.13. The number of amides is 3. The van der Waals surface area contributed by atoms with Crippen LogP contribution in [0.5, 0.6) is 0 Å². The lowest BCUT2D eigenvalue weighted by Gasteiger charge is -2.37. The first-order valence-electron chi connectivity index (χ1n) is 7.15. The van der Waals surface area contributed by atoms with Gasteiger partial charge in [0.15, 0.2) is 11.6 Å². The highest BCUT2D eigenvalue weighted by atomic mass is 19.2. The number of benzene rings is 1. The number of carbonyl (C=O) groups excluding carboxylic acids is 2. The van der Waals surface area contributed by atoms with Gasteiger partial charge in [0, 0.05) is 26.4 Å². The SMILES string of the molecule is CC1=CN=C2C(C(=O)N(C)C(=O)N2C)C1=Nc1ccc(F)c(F)c1. The molecule has 0 aliphatic carbocycles. The molecule has 0 aromatic heterocycles. The molecule has 0 bridgehead atoms. The zero-order valence-corrected chi connectivity index (χ0v) is 13.2. The van der Waals surface area contributed by atoms with Crippen LogP contribution in [0.15, 0.2) is 40.0 Å². The standard InChI is InChI=1S/C16H14F2N4O2/c1-8-7-19-14-12(15(23)22(3)16(24)21(14)2)13(8)20-9-4-5-10(17)11(18)6-9/h4-7,12H,1-3H3. The first-order valence-corrected chi connectivity index (χ1v) is 7.15. The number of rotatable bonds is 1. The van der Waals surface area contributed by atoms with E-state index in [0.29, 0.717) is 11.3 Å². The number of amidine groups is 1. The Balaban J connectivity index is 2.10. The van der Waals surface area contributed by atoms with Gasteiger partial charge in [-0.3, -0.25) is 19.6 Å². The van der Waals surface area contributed by atoms with Gasteiger partial charge in [0.05, 0.1) is 11.4 Å². The van der Waals surface area contributed by atoms with Gasteiger partial charge < -0.3 is 0 Å². The lowest BCUT2D eigenvalue weighted by atomic mass is 9.91. The van der Waals surface area contributed by atoms with Gasteiger partial charge in [-0.2, -0.15) is 0 Å². The van der Waals surface area contributed by atoms with E-state index in [4.69, 9.17) is 0 Å². The van der Waals surface area contributed by atoms with Gasteiger partial charge in [0.25, 0.3) is 0 Å². The highest BCUT2D eigenvalue weighted by Crippen LogP contribution is 2.28. The number of imide groups is 1. The third kappa shape index (κ3) is 2.40. The number of nitrogens with zero attached hydrogens (tertiary/aromatic N) is 4. The molecular weight excluding hydrogens is 318 g/mol. The van der Waals surface area contributed by atoms with E-state index in [2.05, 4.69) is 9.98 Å². The van der Waals surface area contributed by atoms with Crippen molar-refractivity contribution in [2.45, 2.75) is 6.92 Å². The molecule has 0 radical (unpaired) electrons. The number of urea groups is 1. The van der Waals surface area contributed by atoms with Crippen LogP contribution in [0, 0.1) is 17.6 Å². The fourth-order valence-corrected chi connectivity index (χ4v) is 2.62. The second-order valence-corrected chi connectivity index (χ2v) is 5.57. The summed E-state index contributed by atoms with van der Waals surface area (Å²) >= 11 is 0. The summed E-state index contributed by atoms with van der Waals surface area (Å²) in [5.74, 6) is -3.07. The highest BCUT2D eigenvalue weighted by Gasteiger charge is 2.45. The molecule has 0 saturated carbocycles. The van der Waals surface area contributed by atoms with Crippen molar-refractivity contribution < 1.29 is 18.4 Å². The van der Waals surface area contributed by atoms with Crippen molar-refractivity contribution in [1.82, 2.24) is 9.80 Å². The first-order chi connectivity index (χ1) is 11.3. The summed E-state index contributed by atoms with van der Waals surface area (Å²) in [6, 6.07) is 2.74. The maximum Gasteiger partial charge on any atom is 0.331 e. The second-order valence-electron chi connectivity index (χ2n) is 5.57. The number of fused-ring (bicyclic) bond motifs is 1. The number of hydrogen-bond donors (Lipinski definition) is 0. The Bertz CT molecular complexity index is 844. The molecule has 2 aliphatic heterocycles. The molecule has 124 valence electrons. The van der Waals surface area contributed by atoms with Crippen molar-refractivity contribution >= 4 is 29.2 Å². The Morgan fingerprint density at radius 2 is 1.83 bits per heavy atom. The average molecular weight is 332 g/mol. The molecule has 1 saturated heterocycles. The third-order valence-corrected chi connectivity index (χ3v) is 3.97. The van der Waals surface area contributed by atoms with E-state index in [-0.39, 0.29) is 11.5 Å². The first kappa shape index (κ1) is 16.0. The van der Waals surface area contributed by atoms with Crippen molar-refractivity contribution in [3.05, 3.63) is 41.6 Å². The molecule has 1 atom stereocenters. The normalized spacial score (nSPS) is 22.5. The predicted molar refractivity (Wildman–Crippen MR) is 84.1 cm³/mol. The minimum atomic E-state index is -1.03. The summed E-state index contributed by atoms with van der Waals surface area (Å²) < 4.78 is 26.5. The molecule has 3 rings (SSSR count). The molecule has 24 heavy (non-hydrogen) atoms. The largest absolute Gasteiger partial charge is 0.331 e. The van der Waals surface area contributed by atoms with Crippen LogP contribution in [0.3, 0.4) is 0 Å². The molecule has 1 aromatic carbocycles. The smallest absolute Gasteiger partial charge is 0.284 e. The van der Waals surface area contributed by atoms with Crippen molar-refractivity contribution in [1.29, 1.82) is 0 Å². The quantitative estimate of drug-likeness (QED) is 0.793. The molecule has 6 nitrogen and oxygen atoms in total. The van der Waals surface area contributed by atoms with Gasteiger partial charge in [-0.1, -0.05) is 0 Å². The second kappa shape index (κ2) is 5.63. The van der Waals surface area contributed by atoms with Crippen molar-refractivity contribution in [2.75, 3.05) is 14.1 Å². The van der Waals surface area contributed by atoms with Gasteiger partial charge in [0.1, 0.15) is 11.8 Å². The predicted octanol–water partition coefficient (Wildman–Crippen LogP) is 2.49. The van der Waals surface area contributed by atoms with E-state index >= 15 is 0 Å². The topological polar surface area (TPSA) is 65.3 Å². The number of aliphatic imine (C=N–C) groups is 2. The van der Waals surface area contributed by atoms with Crippen LogP contribution in [0.4, 0.5) is 19.3 Å². The molecule has 2 heterocycles. The fraction of sp³-hybridized carbons (Fsp3) is 0.250. The third-order valence-electron chi connectivity index (χ3n) is 3.97. The molecular formula is C16H14F2N4O2. The minimum absolute atomic E-state index is 0.174. The zero-order valence-electron chi connectivity index (χ0n) is 13.2. The average Bonchev–Trinajstić information content (AvgIpc) is 2.56. The molecule has 0 spiro atoms. The summed E-state index contributed by atoms with van der Waals surface area (Å²) in [6.07, 6.45) is 1.49. The Hall–Kier alpha value is -2.90. The van der Waals surface area contributed by atoms with Gasteiger partial charge in [-0.25, -0.2) is 18.6 Å². The summed E-state index contributed by atoms with van der Waals surface area (Å²) in [5, 5.41) is 0. The van der Waals surface area contributed by atoms with E-state index in [1.165, 1.54) is 31.3 Å². The Morgan fingerprint density at radius 1 is 1.12 bits per heavy atom. The van der Waals surface area contributed by atoms with Crippen LogP contribution in [-0.2, 0) is 4.79 Å². The van der Waals surface area contributed by atoms with Crippen LogP contribution >= 0.6 is 0 Å². The van der Waals surface area contributed by atoms with Crippen LogP contribution in [0.25, 0.3) is 0 Å². The number of carbonyl (C=O) groups is 2. The Kier molecular flexibility index (Phi) is 3.75. The number of halogens is 2. The van der Waals surface area contributed by atoms with Gasteiger partial charge in [-0.15, -0.1) is 0 Å². The van der Waals surface area contributed by atoms with Crippen molar-refractivity contribution in [3.63, 3.8) is 0 Å². The van der Waals surface area contributed by atoms with Gasteiger partial charge >= 0.3 is 6.03 Å². The molecule has 3 amide bonds. The highest BCUT2D eigenvalue weighted by molar-refractivity contribution is 6.33. The fourth-order valence-electron chi connectivity index (χ4n) is 2.62. The van der Waals surface area contributed by atoms with Crippen LogP contribution in [0.2, 0.25) is 0 Å². The van der Waals surface area contributed by atoms with E-state index in [1.54, 1.807) is 6.92 Å². The molecule has 1 fully saturated rings. The lowest BCUT2D eigenvalue weighted by molar-refractivity contribution is -0.128. The van der Waals surface area contributed by atoms with Gasteiger partial charge in [-0.05, 0) is 24.6 Å².